The van der Waals surface area contributed by atoms with Crippen LogP contribution >= 0.6 is 0 Å². The van der Waals surface area contributed by atoms with E-state index in [0.717, 1.165) is 28.9 Å². The summed E-state index contributed by atoms with van der Waals surface area (Å²) in [6.07, 6.45) is 2.16. The van der Waals surface area contributed by atoms with Gasteiger partial charge in [-0.1, -0.05) is 31.2 Å². The number of amides is 2. The van der Waals surface area contributed by atoms with Gasteiger partial charge in [0.2, 0.25) is 5.91 Å². The first-order valence-electron chi connectivity index (χ1n) is 9.33. The molecule has 0 saturated heterocycles. The summed E-state index contributed by atoms with van der Waals surface area (Å²) in [6, 6.07) is 14.8. The first kappa shape index (κ1) is 20.0. The lowest BCUT2D eigenvalue weighted by Gasteiger charge is -2.13. The van der Waals surface area contributed by atoms with Crippen molar-refractivity contribution in [1.82, 2.24) is 9.97 Å². The average molecular weight is 389 g/mol. The van der Waals surface area contributed by atoms with Gasteiger partial charge in [-0.2, -0.15) is 0 Å². The summed E-state index contributed by atoms with van der Waals surface area (Å²) in [7, 11) is 0. The van der Waals surface area contributed by atoms with E-state index in [9.17, 15) is 9.59 Å². The minimum Gasteiger partial charge on any atom is -0.340 e. The van der Waals surface area contributed by atoms with E-state index in [1.807, 2.05) is 44.2 Å². The van der Waals surface area contributed by atoms with Crippen molar-refractivity contribution in [1.29, 1.82) is 0 Å². The molecule has 0 spiro atoms. The van der Waals surface area contributed by atoms with Crippen LogP contribution in [0.2, 0.25) is 0 Å². The Morgan fingerprint density at radius 1 is 0.966 bits per heavy atom. The molecule has 0 saturated carbocycles. The van der Waals surface area contributed by atoms with Gasteiger partial charge in [-0.15, -0.1) is 0 Å². The fourth-order valence-electron chi connectivity index (χ4n) is 2.96. The van der Waals surface area contributed by atoms with Gasteiger partial charge in [0.15, 0.2) is 0 Å². The van der Waals surface area contributed by atoms with Crippen molar-refractivity contribution in [2.24, 2.45) is 0 Å². The van der Waals surface area contributed by atoms with Gasteiger partial charge in [0.1, 0.15) is 17.8 Å². The highest BCUT2D eigenvalue weighted by Gasteiger charge is 2.13. The number of benzene rings is 2. The molecule has 2 amide bonds. The fourth-order valence-corrected chi connectivity index (χ4v) is 2.96. The van der Waals surface area contributed by atoms with E-state index in [1.54, 1.807) is 18.2 Å². The Balaban J connectivity index is 1.78. The maximum atomic E-state index is 12.7. The predicted molar refractivity (Wildman–Crippen MR) is 115 cm³/mol. The van der Waals surface area contributed by atoms with Crippen LogP contribution in [0.25, 0.3) is 0 Å². The summed E-state index contributed by atoms with van der Waals surface area (Å²) in [5.74, 6) is 0.0304. The van der Waals surface area contributed by atoms with Gasteiger partial charge < -0.3 is 16.0 Å². The standard InChI is InChI=1S/C22H23N5O2/c1-4-16-8-5-7-14(2)21(16)27-22(29)19-12-20(24-13-23-19)26-18-10-6-9-17(11-18)25-15(3)28/h5-13H,4H2,1-3H3,(H,25,28)(H,27,29)(H,23,24,26). The lowest BCUT2D eigenvalue weighted by atomic mass is 10.1. The van der Waals surface area contributed by atoms with Crippen molar-refractivity contribution in [2.75, 3.05) is 16.0 Å². The Bertz CT molecular complexity index is 1050. The molecule has 0 bridgehead atoms. The van der Waals surface area contributed by atoms with Crippen molar-refractivity contribution >= 4 is 34.7 Å². The molecule has 0 aliphatic rings. The third-order valence-electron chi connectivity index (χ3n) is 4.33. The molecule has 148 valence electrons. The molecule has 29 heavy (non-hydrogen) atoms. The van der Waals surface area contributed by atoms with Crippen molar-refractivity contribution in [3.05, 3.63) is 71.7 Å². The molecule has 0 radical (unpaired) electrons. The maximum absolute atomic E-state index is 12.7. The van der Waals surface area contributed by atoms with E-state index in [1.165, 1.54) is 13.3 Å². The van der Waals surface area contributed by atoms with Gasteiger partial charge in [0.25, 0.3) is 5.91 Å². The number of nitrogens with one attached hydrogen (secondary N) is 3. The molecule has 3 rings (SSSR count). The minimum atomic E-state index is -0.300. The molecule has 0 unspecified atom stereocenters. The zero-order valence-electron chi connectivity index (χ0n) is 16.6. The minimum absolute atomic E-state index is 0.147. The van der Waals surface area contributed by atoms with Crippen LogP contribution < -0.4 is 16.0 Å². The molecule has 0 aliphatic carbocycles. The Hall–Kier alpha value is -3.74. The van der Waals surface area contributed by atoms with E-state index in [0.29, 0.717) is 11.5 Å². The number of nitrogens with zero attached hydrogens (tertiary/aromatic N) is 2. The van der Waals surface area contributed by atoms with Gasteiger partial charge in [0, 0.05) is 30.1 Å². The number of hydrogen-bond donors (Lipinski definition) is 3. The molecule has 1 heterocycles. The lowest BCUT2D eigenvalue weighted by molar-refractivity contribution is -0.114. The number of para-hydroxylation sites is 1. The molecular weight excluding hydrogens is 366 g/mol. The lowest BCUT2D eigenvalue weighted by Crippen LogP contribution is -2.16. The molecule has 7 heteroatoms. The fraction of sp³-hybridized carbons (Fsp3) is 0.182. The number of carbonyl (C=O) groups excluding carboxylic acids is 2. The molecule has 7 nitrogen and oxygen atoms in total. The monoisotopic (exact) mass is 389 g/mol. The second kappa shape index (κ2) is 8.97. The summed E-state index contributed by atoms with van der Waals surface area (Å²) < 4.78 is 0. The van der Waals surface area contributed by atoms with Gasteiger partial charge in [-0.3, -0.25) is 9.59 Å². The third kappa shape index (κ3) is 5.16. The van der Waals surface area contributed by atoms with E-state index in [-0.39, 0.29) is 17.5 Å². The zero-order valence-corrected chi connectivity index (χ0v) is 16.6. The molecule has 0 atom stereocenters. The number of hydrogen-bond acceptors (Lipinski definition) is 5. The first-order chi connectivity index (χ1) is 14.0. The van der Waals surface area contributed by atoms with Gasteiger partial charge >= 0.3 is 0 Å². The normalized spacial score (nSPS) is 10.3. The summed E-state index contributed by atoms with van der Waals surface area (Å²) in [5, 5.41) is 8.82. The number of aryl methyl sites for hydroxylation is 2. The van der Waals surface area contributed by atoms with Crippen molar-refractivity contribution in [3.8, 4) is 0 Å². The molecule has 1 aromatic heterocycles. The van der Waals surface area contributed by atoms with Crippen molar-refractivity contribution in [2.45, 2.75) is 27.2 Å². The predicted octanol–water partition coefficient (Wildman–Crippen LogP) is 4.30. The highest BCUT2D eigenvalue weighted by molar-refractivity contribution is 6.04. The molecule has 0 aliphatic heterocycles. The van der Waals surface area contributed by atoms with Crippen LogP contribution in [0.5, 0.6) is 0 Å². The Labute approximate surface area is 169 Å². The van der Waals surface area contributed by atoms with E-state index >= 15 is 0 Å². The van der Waals surface area contributed by atoms with Crippen LogP contribution in [-0.4, -0.2) is 21.8 Å². The smallest absolute Gasteiger partial charge is 0.274 e. The molecule has 3 N–H and O–H groups in total. The largest absolute Gasteiger partial charge is 0.340 e. The molecular formula is C22H23N5O2. The van der Waals surface area contributed by atoms with Crippen LogP contribution in [0, 0.1) is 6.92 Å². The molecule has 0 fully saturated rings. The summed E-state index contributed by atoms with van der Waals surface area (Å²) in [5.41, 5.74) is 4.54. The van der Waals surface area contributed by atoms with E-state index in [4.69, 9.17) is 0 Å². The summed E-state index contributed by atoms with van der Waals surface area (Å²) in [4.78, 5) is 32.2. The summed E-state index contributed by atoms with van der Waals surface area (Å²) >= 11 is 0. The maximum Gasteiger partial charge on any atom is 0.274 e. The van der Waals surface area contributed by atoms with Crippen LogP contribution in [0.3, 0.4) is 0 Å². The topological polar surface area (TPSA) is 96.0 Å². The third-order valence-corrected chi connectivity index (χ3v) is 4.33. The number of aromatic nitrogens is 2. The Morgan fingerprint density at radius 3 is 2.48 bits per heavy atom. The van der Waals surface area contributed by atoms with Gasteiger partial charge in [-0.25, -0.2) is 9.97 Å². The number of rotatable bonds is 6. The average Bonchev–Trinajstić information content (AvgIpc) is 2.69. The van der Waals surface area contributed by atoms with Crippen LogP contribution in [0.15, 0.2) is 54.9 Å². The Kier molecular flexibility index (Phi) is 6.19. The Morgan fingerprint density at radius 2 is 1.72 bits per heavy atom. The van der Waals surface area contributed by atoms with E-state index < -0.39 is 0 Å². The highest BCUT2D eigenvalue weighted by Crippen LogP contribution is 2.23. The highest BCUT2D eigenvalue weighted by atomic mass is 16.2. The van der Waals surface area contributed by atoms with Crippen molar-refractivity contribution < 1.29 is 9.59 Å². The molecule has 3 aromatic rings. The zero-order chi connectivity index (χ0) is 20.8. The van der Waals surface area contributed by atoms with Crippen LogP contribution in [0.4, 0.5) is 22.9 Å². The quantitative estimate of drug-likeness (QED) is 0.584. The second-order valence-electron chi connectivity index (χ2n) is 6.59. The van der Waals surface area contributed by atoms with Crippen LogP contribution in [0.1, 0.15) is 35.5 Å². The van der Waals surface area contributed by atoms with Gasteiger partial charge in [0.05, 0.1) is 0 Å². The van der Waals surface area contributed by atoms with E-state index in [2.05, 4.69) is 25.9 Å². The number of anilines is 4. The molecule has 2 aromatic carbocycles. The van der Waals surface area contributed by atoms with Gasteiger partial charge in [-0.05, 0) is 42.7 Å². The van der Waals surface area contributed by atoms with Crippen LogP contribution in [-0.2, 0) is 11.2 Å². The SMILES string of the molecule is CCc1cccc(C)c1NC(=O)c1cc(Nc2cccc(NC(C)=O)c2)ncn1. The first-order valence-corrected chi connectivity index (χ1v) is 9.33. The van der Waals surface area contributed by atoms with Crippen molar-refractivity contribution in [3.63, 3.8) is 0 Å². The summed E-state index contributed by atoms with van der Waals surface area (Å²) in [6.45, 7) is 5.46. The number of carbonyl (C=O) groups is 2. The second-order valence-corrected chi connectivity index (χ2v) is 6.59.